The van der Waals surface area contributed by atoms with E-state index < -0.39 is 0 Å². The number of carbonyl (C=O) groups is 1. The van der Waals surface area contributed by atoms with Crippen molar-refractivity contribution in [3.63, 3.8) is 0 Å². The first-order valence-electron chi connectivity index (χ1n) is 5.24. The van der Waals surface area contributed by atoms with E-state index in [1.54, 1.807) is 0 Å². The van der Waals surface area contributed by atoms with E-state index in [9.17, 15) is 4.79 Å². The summed E-state index contributed by atoms with van der Waals surface area (Å²) in [6.45, 7) is 6.34. The van der Waals surface area contributed by atoms with Crippen molar-refractivity contribution in [1.29, 1.82) is 0 Å². The second-order valence-corrected chi connectivity index (χ2v) is 4.93. The van der Waals surface area contributed by atoms with Crippen LogP contribution in [0.3, 0.4) is 0 Å². The highest BCUT2D eigenvalue weighted by Gasteiger charge is 2.45. The summed E-state index contributed by atoms with van der Waals surface area (Å²) in [7, 11) is 1.46. The molecule has 3 heteroatoms. The molecule has 0 aromatic carbocycles. The predicted octanol–water partition coefficient (Wildman–Crippen LogP) is 1.56. The number of methoxy groups -OCH3 is 1. The zero-order valence-corrected chi connectivity index (χ0v) is 9.54. The average molecular weight is 199 g/mol. The predicted molar refractivity (Wildman–Crippen MR) is 55.7 cm³/mol. The third-order valence-corrected chi connectivity index (χ3v) is 3.99. The number of carbonyl (C=O) groups excluding carboxylic acids is 1. The standard InChI is InChI=1S/C11H21NO2/c1-7-9(12)6-5-8(10(13)14-4)11(7,2)3/h7-9H,5-6,12H2,1-4H3. The average Bonchev–Trinajstić information content (AvgIpc) is 2.13. The molecule has 3 nitrogen and oxygen atoms in total. The third-order valence-electron chi connectivity index (χ3n) is 3.99. The molecule has 1 aliphatic rings. The summed E-state index contributed by atoms with van der Waals surface area (Å²) in [6, 6.07) is 0.214. The van der Waals surface area contributed by atoms with Crippen molar-refractivity contribution in [3.05, 3.63) is 0 Å². The van der Waals surface area contributed by atoms with Crippen LogP contribution in [0.5, 0.6) is 0 Å². The van der Waals surface area contributed by atoms with E-state index in [0.29, 0.717) is 5.92 Å². The van der Waals surface area contributed by atoms with Crippen LogP contribution in [0.2, 0.25) is 0 Å². The van der Waals surface area contributed by atoms with Gasteiger partial charge in [-0.25, -0.2) is 0 Å². The van der Waals surface area contributed by atoms with Crippen LogP contribution in [0.15, 0.2) is 0 Å². The molecule has 0 aromatic heterocycles. The summed E-state index contributed by atoms with van der Waals surface area (Å²) in [5.41, 5.74) is 5.95. The van der Waals surface area contributed by atoms with Crippen LogP contribution in [0.25, 0.3) is 0 Å². The van der Waals surface area contributed by atoms with Crippen molar-refractivity contribution in [2.75, 3.05) is 7.11 Å². The molecule has 0 bridgehead atoms. The Morgan fingerprint density at radius 1 is 1.43 bits per heavy atom. The number of esters is 1. The van der Waals surface area contributed by atoms with Crippen LogP contribution in [0, 0.1) is 17.3 Å². The van der Waals surface area contributed by atoms with Gasteiger partial charge in [-0.3, -0.25) is 4.79 Å². The van der Waals surface area contributed by atoms with E-state index in [1.165, 1.54) is 7.11 Å². The zero-order valence-electron chi connectivity index (χ0n) is 9.54. The minimum atomic E-state index is -0.0891. The van der Waals surface area contributed by atoms with Crippen LogP contribution in [-0.2, 0) is 9.53 Å². The Morgan fingerprint density at radius 2 is 2.00 bits per heavy atom. The summed E-state index contributed by atoms with van der Waals surface area (Å²) >= 11 is 0. The fourth-order valence-electron chi connectivity index (χ4n) is 2.41. The number of hydrogen-bond acceptors (Lipinski definition) is 3. The molecular weight excluding hydrogens is 178 g/mol. The summed E-state index contributed by atoms with van der Waals surface area (Å²) in [5.74, 6) is 0.274. The van der Waals surface area contributed by atoms with Gasteiger partial charge in [0.15, 0.2) is 0 Å². The Bertz CT molecular complexity index is 225. The van der Waals surface area contributed by atoms with E-state index >= 15 is 0 Å². The Balaban J connectivity index is 2.84. The normalized spacial score (nSPS) is 36.5. The summed E-state index contributed by atoms with van der Waals surface area (Å²) in [5, 5.41) is 0. The molecule has 2 N–H and O–H groups in total. The molecule has 0 aliphatic heterocycles. The van der Waals surface area contributed by atoms with Crippen LogP contribution >= 0.6 is 0 Å². The van der Waals surface area contributed by atoms with Crippen LogP contribution in [0.1, 0.15) is 33.6 Å². The highest BCUT2D eigenvalue weighted by molar-refractivity contribution is 5.73. The van der Waals surface area contributed by atoms with E-state index in [1.807, 2.05) is 0 Å². The van der Waals surface area contributed by atoms with Crippen molar-refractivity contribution < 1.29 is 9.53 Å². The topological polar surface area (TPSA) is 52.3 Å². The molecule has 0 spiro atoms. The van der Waals surface area contributed by atoms with E-state index in [-0.39, 0.29) is 23.3 Å². The number of rotatable bonds is 1. The Morgan fingerprint density at radius 3 is 2.50 bits per heavy atom. The lowest BCUT2D eigenvalue weighted by Crippen LogP contribution is -2.49. The van der Waals surface area contributed by atoms with Crippen molar-refractivity contribution in [1.82, 2.24) is 0 Å². The fourth-order valence-corrected chi connectivity index (χ4v) is 2.41. The van der Waals surface area contributed by atoms with Crippen LogP contribution < -0.4 is 5.73 Å². The summed E-state index contributed by atoms with van der Waals surface area (Å²) < 4.78 is 4.83. The largest absolute Gasteiger partial charge is 0.469 e. The van der Waals surface area contributed by atoms with E-state index in [0.717, 1.165) is 12.8 Å². The second-order valence-electron chi connectivity index (χ2n) is 4.93. The van der Waals surface area contributed by atoms with Gasteiger partial charge >= 0.3 is 5.97 Å². The molecule has 0 heterocycles. The fraction of sp³-hybridized carbons (Fsp3) is 0.909. The molecule has 0 saturated heterocycles. The molecule has 1 aliphatic carbocycles. The lowest BCUT2D eigenvalue weighted by molar-refractivity contribution is -0.153. The SMILES string of the molecule is COC(=O)C1CCC(N)C(C)C1(C)C. The number of hydrogen-bond donors (Lipinski definition) is 1. The van der Waals surface area contributed by atoms with Gasteiger partial charge in [0.25, 0.3) is 0 Å². The first kappa shape index (κ1) is 11.5. The lowest BCUT2D eigenvalue weighted by atomic mass is 9.61. The smallest absolute Gasteiger partial charge is 0.309 e. The molecule has 0 amide bonds. The van der Waals surface area contributed by atoms with Gasteiger partial charge in [0, 0.05) is 6.04 Å². The monoisotopic (exact) mass is 199 g/mol. The first-order valence-corrected chi connectivity index (χ1v) is 5.24. The molecule has 1 rings (SSSR count). The Kier molecular flexibility index (Phi) is 3.20. The van der Waals surface area contributed by atoms with Gasteiger partial charge in [-0.05, 0) is 24.2 Å². The van der Waals surface area contributed by atoms with Gasteiger partial charge in [-0.1, -0.05) is 20.8 Å². The van der Waals surface area contributed by atoms with Gasteiger partial charge in [0.2, 0.25) is 0 Å². The quantitative estimate of drug-likeness (QED) is 0.652. The van der Waals surface area contributed by atoms with Gasteiger partial charge in [0.1, 0.15) is 0 Å². The lowest BCUT2D eigenvalue weighted by Gasteiger charge is -2.45. The van der Waals surface area contributed by atoms with Gasteiger partial charge in [0.05, 0.1) is 13.0 Å². The van der Waals surface area contributed by atoms with Crippen molar-refractivity contribution in [3.8, 4) is 0 Å². The minimum Gasteiger partial charge on any atom is -0.469 e. The van der Waals surface area contributed by atoms with Gasteiger partial charge < -0.3 is 10.5 Å². The third kappa shape index (κ3) is 1.78. The molecule has 3 unspecified atom stereocenters. The van der Waals surface area contributed by atoms with Crippen molar-refractivity contribution in [2.24, 2.45) is 23.0 Å². The molecule has 3 atom stereocenters. The Hall–Kier alpha value is -0.570. The molecule has 0 radical (unpaired) electrons. The van der Waals surface area contributed by atoms with E-state index in [2.05, 4.69) is 20.8 Å². The number of ether oxygens (including phenoxy) is 1. The molecule has 82 valence electrons. The molecule has 0 aromatic rings. The van der Waals surface area contributed by atoms with Crippen molar-refractivity contribution in [2.45, 2.75) is 39.7 Å². The second kappa shape index (κ2) is 3.89. The zero-order chi connectivity index (χ0) is 10.9. The van der Waals surface area contributed by atoms with Gasteiger partial charge in [-0.2, -0.15) is 0 Å². The Labute approximate surface area is 86.0 Å². The summed E-state index contributed by atoms with van der Waals surface area (Å²) in [6.07, 6.45) is 1.77. The summed E-state index contributed by atoms with van der Waals surface area (Å²) in [4.78, 5) is 11.6. The van der Waals surface area contributed by atoms with E-state index in [4.69, 9.17) is 10.5 Å². The van der Waals surface area contributed by atoms with Gasteiger partial charge in [-0.15, -0.1) is 0 Å². The van der Waals surface area contributed by atoms with Crippen LogP contribution in [-0.4, -0.2) is 19.1 Å². The minimum absolute atomic E-state index is 0.00213. The van der Waals surface area contributed by atoms with Crippen LogP contribution in [0.4, 0.5) is 0 Å². The maximum absolute atomic E-state index is 11.6. The number of nitrogens with two attached hydrogens (primary N) is 1. The maximum Gasteiger partial charge on any atom is 0.309 e. The first-order chi connectivity index (χ1) is 6.41. The van der Waals surface area contributed by atoms with Crippen molar-refractivity contribution >= 4 is 5.97 Å². The molecule has 1 fully saturated rings. The highest BCUT2D eigenvalue weighted by Crippen LogP contribution is 2.44. The maximum atomic E-state index is 11.6. The highest BCUT2D eigenvalue weighted by atomic mass is 16.5. The molecule has 1 saturated carbocycles. The molecule has 14 heavy (non-hydrogen) atoms. The molecular formula is C11H21NO2.